The van der Waals surface area contributed by atoms with E-state index in [4.69, 9.17) is 0 Å². The number of para-hydroxylation sites is 1. The number of allylic oxidation sites excluding steroid dienone is 2. The molecule has 0 unspecified atom stereocenters. The fourth-order valence-electron chi connectivity index (χ4n) is 7.56. The van der Waals surface area contributed by atoms with Crippen LogP contribution < -0.4 is 5.32 Å². The molecule has 5 rings (SSSR count). The van der Waals surface area contributed by atoms with Gasteiger partial charge in [0.15, 0.2) is 5.78 Å². The largest absolute Gasteiger partial charge is 0.389 e. The maximum absolute atomic E-state index is 14.3. The fourth-order valence-corrected chi connectivity index (χ4v) is 7.56. The molecule has 1 aliphatic heterocycles. The fraction of sp³-hybridized carbons (Fsp3) is 0.531. The van der Waals surface area contributed by atoms with Crippen molar-refractivity contribution < 1.29 is 29.7 Å². The average Bonchev–Trinajstić information content (AvgIpc) is 3.45. The molecule has 2 fully saturated rings. The van der Waals surface area contributed by atoms with Gasteiger partial charge in [0.25, 0.3) is 0 Å². The van der Waals surface area contributed by atoms with Crippen molar-refractivity contribution in [1.29, 1.82) is 0 Å². The van der Waals surface area contributed by atoms with Crippen molar-refractivity contribution in [2.24, 2.45) is 29.1 Å². The summed E-state index contributed by atoms with van der Waals surface area (Å²) in [6.45, 7) is 6.96. The van der Waals surface area contributed by atoms with Gasteiger partial charge in [-0.1, -0.05) is 50.3 Å². The van der Waals surface area contributed by atoms with E-state index in [1.54, 1.807) is 32.9 Å². The Morgan fingerprint density at radius 2 is 1.82 bits per heavy atom. The summed E-state index contributed by atoms with van der Waals surface area (Å²) < 4.78 is 0. The van der Waals surface area contributed by atoms with Gasteiger partial charge in [0.1, 0.15) is 17.3 Å². The number of carbonyl (C=O) groups is 3. The molecular weight excluding hydrogens is 508 g/mol. The van der Waals surface area contributed by atoms with E-state index in [1.807, 2.05) is 43.5 Å². The number of fused-ring (bicyclic) bond motifs is 1. The lowest BCUT2D eigenvalue weighted by atomic mass is 9.49. The van der Waals surface area contributed by atoms with Crippen LogP contribution in [0, 0.1) is 29.1 Å². The first kappa shape index (κ1) is 28.5. The first-order valence-corrected chi connectivity index (χ1v) is 14.3. The van der Waals surface area contributed by atoms with Gasteiger partial charge in [0, 0.05) is 41.4 Å². The zero-order valence-electron chi connectivity index (χ0n) is 23.6. The molecule has 3 aliphatic rings. The van der Waals surface area contributed by atoms with Gasteiger partial charge in [-0.2, -0.15) is 0 Å². The third-order valence-corrected chi connectivity index (χ3v) is 9.87. The van der Waals surface area contributed by atoms with Gasteiger partial charge in [-0.3, -0.25) is 14.4 Å². The Morgan fingerprint density at radius 1 is 1.10 bits per heavy atom. The lowest BCUT2D eigenvalue weighted by Crippen LogP contribution is -2.67. The number of aromatic amines is 1. The molecule has 214 valence electrons. The summed E-state index contributed by atoms with van der Waals surface area (Å²) in [6, 6.07) is 7.38. The Bertz CT molecular complexity index is 1390. The maximum atomic E-state index is 14.3. The van der Waals surface area contributed by atoms with E-state index >= 15 is 0 Å². The first-order chi connectivity index (χ1) is 18.9. The summed E-state index contributed by atoms with van der Waals surface area (Å²) in [5, 5.41) is 38.0. The molecule has 1 amide bonds. The van der Waals surface area contributed by atoms with Gasteiger partial charge in [-0.15, -0.1) is 0 Å². The van der Waals surface area contributed by atoms with Crippen LogP contribution in [0.2, 0.25) is 0 Å². The second-order valence-electron chi connectivity index (χ2n) is 12.4. The summed E-state index contributed by atoms with van der Waals surface area (Å²) >= 11 is 0. The van der Waals surface area contributed by atoms with Gasteiger partial charge >= 0.3 is 0 Å². The number of rotatable bonds is 2. The zero-order chi connectivity index (χ0) is 29.0. The van der Waals surface area contributed by atoms with E-state index in [1.165, 1.54) is 0 Å². The number of aromatic nitrogens is 1. The molecule has 2 aliphatic carbocycles. The second kappa shape index (κ2) is 10.4. The minimum absolute atomic E-state index is 0.0530. The van der Waals surface area contributed by atoms with Crippen molar-refractivity contribution >= 4 is 28.4 Å². The van der Waals surface area contributed by atoms with Crippen molar-refractivity contribution in [3.63, 3.8) is 0 Å². The molecular formula is C32H40N2O6. The molecule has 8 nitrogen and oxygen atoms in total. The number of Topliss-reactive ketones (excluding diaryl/α,β-unsaturated/α-hetero) is 2. The Labute approximate surface area is 234 Å². The number of aliphatic hydroxyl groups is 3. The van der Waals surface area contributed by atoms with E-state index in [0.29, 0.717) is 18.4 Å². The molecule has 40 heavy (non-hydrogen) atoms. The highest BCUT2D eigenvalue weighted by Crippen LogP contribution is 2.58. The van der Waals surface area contributed by atoms with Crippen LogP contribution in [-0.4, -0.2) is 61.6 Å². The van der Waals surface area contributed by atoms with E-state index in [-0.39, 0.29) is 18.8 Å². The second-order valence-corrected chi connectivity index (χ2v) is 12.4. The zero-order valence-corrected chi connectivity index (χ0v) is 23.6. The Hall–Kier alpha value is -3.07. The summed E-state index contributed by atoms with van der Waals surface area (Å²) in [5.74, 6) is -3.60. The minimum Gasteiger partial charge on any atom is -0.389 e. The van der Waals surface area contributed by atoms with Crippen molar-refractivity contribution in [1.82, 2.24) is 10.3 Å². The highest BCUT2D eigenvalue weighted by Gasteiger charge is 2.71. The van der Waals surface area contributed by atoms with E-state index in [0.717, 1.165) is 16.5 Å². The lowest BCUT2D eigenvalue weighted by Gasteiger charge is -2.55. The number of carbonyl (C=O) groups excluding carboxylic acids is 3. The predicted molar refractivity (Wildman–Crippen MR) is 151 cm³/mol. The standard InChI is InChI=1S/C32H40N2O6/c1-17-8-7-10-22-29(38)31(4,40)19(3)27-24(15-20-16-33-23-11-6-5-9-21(20)23)34-30(39)32(22,27)26(36)13-12-25(35)28(37)18(2)14-17/h5-7,9-11,14,16-17,19,22,24-25,27,29,33,35,38,40H,8,12-13,15H2,1-4H3,(H,34,39)/t17-,19-,22-,24-,25+,27-,29-,31-,32+/m0/s1. The quantitative estimate of drug-likeness (QED) is 0.289. The van der Waals surface area contributed by atoms with Crippen molar-refractivity contribution in [3.8, 4) is 0 Å². The molecule has 0 bridgehead atoms. The number of H-pyrrole nitrogens is 1. The number of nitrogens with one attached hydrogen (secondary N) is 2. The minimum atomic E-state index is -1.66. The number of aliphatic hydroxyl groups excluding tert-OH is 2. The SMILES string of the molecule is CC1=C[C@@H](C)CC=C[C@H]2[C@H](O)[C@@](C)(O)[C@@H](C)[C@H]3[C@H](Cc4c[nH]c5ccccc45)NC(=O)[C@]32C(=O)CC[C@@H](O)C1=O. The molecule has 1 saturated carbocycles. The summed E-state index contributed by atoms with van der Waals surface area (Å²) in [4.78, 5) is 44.5. The Balaban J connectivity index is 1.62. The maximum Gasteiger partial charge on any atom is 0.235 e. The molecule has 9 atom stereocenters. The van der Waals surface area contributed by atoms with Gasteiger partial charge in [0.2, 0.25) is 5.91 Å². The topological polar surface area (TPSA) is 140 Å². The third-order valence-electron chi connectivity index (χ3n) is 9.87. The molecule has 1 aromatic heterocycles. The Morgan fingerprint density at radius 3 is 2.58 bits per heavy atom. The molecule has 2 heterocycles. The summed E-state index contributed by atoms with van der Waals surface area (Å²) in [5.41, 5.74) is -0.846. The van der Waals surface area contributed by atoms with Crippen molar-refractivity contribution in [2.45, 2.75) is 77.2 Å². The summed E-state index contributed by atoms with van der Waals surface area (Å²) in [6.07, 6.45) is 5.12. The molecule has 1 spiro atoms. The molecule has 2 aromatic rings. The smallest absolute Gasteiger partial charge is 0.235 e. The third kappa shape index (κ3) is 4.37. The highest BCUT2D eigenvalue weighted by molar-refractivity contribution is 6.09. The van der Waals surface area contributed by atoms with Gasteiger partial charge in [0.05, 0.1) is 11.7 Å². The number of hydrogen-bond donors (Lipinski definition) is 5. The highest BCUT2D eigenvalue weighted by atomic mass is 16.3. The van der Waals surface area contributed by atoms with Crippen LogP contribution in [0.3, 0.4) is 0 Å². The van der Waals surface area contributed by atoms with E-state index in [9.17, 15) is 29.7 Å². The Kier molecular flexibility index (Phi) is 7.40. The summed E-state index contributed by atoms with van der Waals surface area (Å²) in [7, 11) is 0. The van der Waals surface area contributed by atoms with Crippen LogP contribution in [-0.2, 0) is 20.8 Å². The van der Waals surface area contributed by atoms with Crippen molar-refractivity contribution in [3.05, 3.63) is 59.8 Å². The van der Waals surface area contributed by atoms with E-state index < -0.39 is 64.5 Å². The number of benzene rings is 1. The average molecular weight is 549 g/mol. The van der Waals surface area contributed by atoms with Crippen LogP contribution >= 0.6 is 0 Å². The van der Waals surface area contributed by atoms with Gasteiger partial charge < -0.3 is 25.6 Å². The van der Waals surface area contributed by atoms with Crippen LogP contribution in [0.4, 0.5) is 0 Å². The number of amides is 1. The van der Waals surface area contributed by atoms with Crippen LogP contribution in [0.1, 0.15) is 52.5 Å². The number of ketones is 2. The van der Waals surface area contributed by atoms with Crippen LogP contribution in [0.5, 0.6) is 0 Å². The van der Waals surface area contributed by atoms with Gasteiger partial charge in [-0.25, -0.2) is 0 Å². The normalized spacial score (nSPS) is 39.0. The van der Waals surface area contributed by atoms with Gasteiger partial charge in [-0.05, 0) is 62.1 Å². The van der Waals surface area contributed by atoms with E-state index in [2.05, 4.69) is 10.3 Å². The molecule has 0 radical (unpaired) electrons. The first-order valence-electron chi connectivity index (χ1n) is 14.3. The number of hydrogen-bond acceptors (Lipinski definition) is 6. The molecule has 1 aromatic carbocycles. The van der Waals surface area contributed by atoms with Crippen LogP contribution in [0.15, 0.2) is 54.3 Å². The molecule has 5 N–H and O–H groups in total. The monoisotopic (exact) mass is 548 g/mol. The predicted octanol–water partition coefficient (Wildman–Crippen LogP) is 3.01. The van der Waals surface area contributed by atoms with Crippen LogP contribution in [0.25, 0.3) is 10.9 Å². The molecule has 8 heteroatoms. The van der Waals surface area contributed by atoms with Crippen molar-refractivity contribution in [2.75, 3.05) is 0 Å². The lowest BCUT2D eigenvalue weighted by molar-refractivity contribution is -0.199. The molecule has 1 saturated heterocycles.